The Kier molecular flexibility index (Phi) is 9.38. The zero-order chi connectivity index (χ0) is 40.0. The molecule has 4 amide bonds. The van der Waals surface area contributed by atoms with E-state index in [0.717, 1.165) is 32.1 Å². The second kappa shape index (κ2) is 14.7. The Morgan fingerprint density at radius 1 is 0.431 bits per heavy atom. The molecule has 288 valence electrons. The third-order valence-electron chi connectivity index (χ3n) is 11.4. The first kappa shape index (κ1) is 37.0. The molecule has 58 heavy (non-hydrogen) atoms. The molecule has 10 heteroatoms. The van der Waals surface area contributed by atoms with Crippen LogP contribution >= 0.6 is 0 Å². The molecule has 6 aromatic rings. The predicted octanol–water partition coefficient (Wildman–Crippen LogP) is 8.05. The molecule has 0 aromatic heterocycles. The molecule has 4 aliphatic heterocycles. The number of hydrogen-bond acceptors (Lipinski definition) is 6. The first-order valence-corrected chi connectivity index (χ1v) is 19.1. The maximum Gasteiger partial charge on any atom is 0.271 e. The molecule has 0 radical (unpaired) electrons. The summed E-state index contributed by atoms with van der Waals surface area (Å²) in [6.45, 7) is 0.727. The largest absolute Gasteiger partial charge is 0.360 e. The Morgan fingerprint density at radius 3 is 1.17 bits per heavy atom. The van der Waals surface area contributed by atoms with Gasteiger partial charge in [0, 0.05) is 35.1 Å². The normalized spacial score (nSPS) is 20.9. The monoisotopic (exact) mass is 774 g/mol. The standard InChI is InChI=1S/2C24H18FNO3/c2*25-18-9-11-19(12-10-18)26-22(27)20-7-3-4-8-21(20)24(23(26)28)15-17-6-2-1-5-16(17)13-14-29-24/h2*1-12H,13-15H2/t2*24-/m00/s1. The summed E-state index contributed by atoms with van der Waals surface area (Å²) in [4.78, 5) is 56.3. The highest BCUT2D eigenvalue weighted by molar-refractivity contribution is 6.28. The van der Waals surface area contributed by atoms with Crippen LogP contribution in [0.3, 0.4) is 0 Å². The quantitative estimate of drug-likeness (QED) is 0.166. The van der Waals surface area contributed by atoms with Gasteiger partial charge in [-0.2, -0.15) is 0 Å². The number of fused-ring (bicyclic) bond motifs is 6. The number of imide groups is 2. The van der Waals surface area contributed by atoms with Crippen LogP contribution in [0.2, 0.25) is 0 Å². The van der Waals surface area contributed by atoms with Crippen LogP contribution in [0.1, 0.15) is 54.1 Å². The molecule has 0 unspecified atom stereocenters. The van der Waals surface area contributed by atoms with Gasteiger partial charge in [0.15, 0.2) is 11.2 Å². The van der Waals surface area contributed by atoms with Crippen LogP contribution in [0.25, 0.3) is 0 Å². The van der Waals surface area contributed by atoms with Gasteiger partial charge in [-0.1, -0.05) is 84.9 Å². The summed E-state index contributed by atoms with van der Waals surface area (Å²) < 4.78 is 39.4. The molecular formula is C48H36F2N2O6. The van der Waals surface area contributed by atoms with Crippen LogP contribution < -0.4 is 9.80 Å². The van der Waals surface area contributed by atoms with Crippen molar-refractivity contribution in [3.05, 3.63) is 202 Å². The van der Waals surface area contributed by atoms with E-state index in [1.165, 1.54) is 48.5 Å². The van der Waals surface area contributed by atoms with E-state index in [2.05, 4.69) is 0 Å². The fourth-order valence-electron chi connectivity index (χ4n) is 8.59. The number of carbonyl (C=O) groups excluding carboxylic acids is 4. The molecule has 0 aliphatic carbocycles. The molecule has 2 spiro atoms. The molecule has 0 N–H and O–H groups in total. The van der Waals surface area contributed by atoms with Crippen molar-refractivity contribution in [2.45, 2.75) is 36.9 Å². The highest BCUT2D eigenvalue weighted by atomic mass is 19.1. The Morgan fingerprint density at radius 2 is 0.776 bits per heavy atom. The molecule has 2 atom stereocenters. The van der Waals surface area contributed by atoms with Crippen LogP contribution in [0.4, 0.5) is 20.2 Å². The molecule has 4 heterocycles. The summed E-state index contributed by atoms with van der Waals surface area (Å²) in [7, 11) is 0. The number of benzene rings is 6. The van der Waals surface area contributed by atoms with Crippen molar-refractivity contribution in [1.29, 1.82) is 0 Å². The van der Waals surface area contributed by atoms with Gasteiger partial charge in [-0.05, 0) is 95.8 Å². The molecule has 0 bridgehead atoms. The van der Waals surface area contributed by atoms with Crippen molar-refractivity contribution in [2.75, 3.05) is 23.0 Å². The Labute approximate surface area is 333 Å². The van der Waals surface area contributed by atoms with Crippen molar-refractivity contribution in [2.24, 2.45) is 0 Å². The molecule has 0 saturated heterocycles. The Balaban J connectivity index is 0.000000150. The molecule has 0 saturated carbocycles. The van der Waals surface area contributed by atoms with E-state index >= 15 is 0 Å². The number of anilines is 2. The minimum atomic E-state index is -1.30. The number of rotatable bonds is 2. The minimum absolute atomic E-state index is 0.330. The highest BCUT2D eigenvalue weighted by Gasteiger charge is 2.54. The van der Waals surface area contributed by atoms with Gasteiger partial charge in [0.05, 0.1) is 24.6 Å². The first-order chi connectivity index (χ1) is 28.2. The molecule has 8 nitrogen and oxygen atoms in total. The third kappa shape index (κ3) is 6.12. The maximum atomic E-state index is 13.8. The molecule has 4 aliphatic rings. The van der Waals surface area contributed by atoms with Gasteiger partial charge in [0.1, 0.15) is 11.6 Å². The van der Waals surface area contributed by atoms with Gasteiger partial charge in [-0.25, -0.2) is 18.6 Å². The second-order valence-corrected chi connectivity index (χ2v) is 14.7. The van der Waals surface area contributed by atoms with E-state index in [4.69, 9.17) is 9.47 Å². The van der Waals surface area contributed by atoms with Gasteiger partial charge >= 0.3 is 0 Å². The smallest absolute Gasteiger partial charge is 0.271 e. The fraction of sp³-hybridized carbons (Fsp3) is 0.167. The Bertz CT molecular complexity index is 2430. The summed E-state index contributed by atoms with van der Waals surface area (Å²) in [5.41, 5.74) is 4.43. The number of nitrogens with zero attached hydrogens (tertiary/aromatic N) is 2. The highest BCUT2D eigenvalue weighted by Crippen LogP contribution is 2.44. The van der Waals surface area contributed by atoms with Gasteiger partial charge in [0.25, 0.3) is 23.6 Å². The fourth-order valence-corrected chi connectivity index (χ4v) is 8.59. The van der Waals surface area contributed by atoms with Gasteiger partial charge in [-0.15, -0.1) is 0 Å². The lowest BCUT2D eigenvalue weighted by Crippen LogP contribution is -2.57. The predicted molar refractivity (Wildman–Crippen MR) is 212 cm³/mol. The third-order valence-corrected chi connectivity index (χ3v) is 11.4. The molecular weight excluding hydrogens is 739 g/mol. The van der Waals surface area contributed by atoms with Crippen molar-refractivity contribution in [1.82, 2.24) is 0 Å². The van der Waals surface area contributed by atoms with E-state index in [1.807, 2.05) is 60.7 Å². The molecule has 0 fully saturated rings. The maximum absolute atomic E-state index is 13.8. The van der Waals surface area contributed by atoms with Crippen molar-refractivity contribution in [3.8, 4) is 0 Å². The van der Waals surface area contributed by atoms with E-state index in [1.54, 1.807) is 36.4 Å². The van der Waals surface area contributed by atoms with E-state index in [0.29, 0.717) is 72.5 Å². The lowest BCUT2D eigenvalue weighted by molar-refractivity contribution is -0.146. The Hall–Kier alpha value is -6.62. The number of hydrogen-bond donors (Lipinski definition) is 0. The zero-order valence-electron chi connectivity index (χ0n) is 31.2. The van der Waals surface area contributed by atoms with Crippen molar-refractivity contribution >= 4 is 35.0 Å². The second-order valence-electron chi connectivity index (χ2n) is 14.7. The first-order valence-electron chi connectivity index (χ1n) is 19.1. The molecule has 10 rings (SSSR count). The summed E-state index contributed by atoms with van der Waals surface area (Å²) >= 11 is 0. The van der Waals surface area contributed by atoms with Gasteiger partial charge < -0.3 is 9.47 Å². The summed E-state index contributed by atoms with van der Waals surface area (Å²) in [6.07, 6.45) is 2.06. The SMILES string of the molecule is O=C1c2ccccc2[C@@]2(Cc3ccccc3CCO2)C(=O)N1c1ccc(F)cc1.O=C1c2ccccc2[C@@]2(Cc3ccccc3CCO2)C(=O)N1c1ccc(F)cc1. The number of carbonyl (C=O) groups is 4. The van der Waals surface area contributed by atoms with Crippen LogP contribution in [0, 0.1) is 11.6 Å². The van der Waals surface area contributed by atoms with Crippen LogP contribution in [-0.4, -0.2) is 36.8 Å². The van der Waals surface area contributed by atoms with E-state index in [9.17, 15) is 28.0 Å². The van der Waals surface area contributed by atoms with E-state index < -0.39 is 46.5 Å². The summed E-state index contributed by atoms with van der Waals surface area (Å²) in [5.74, 6) is -2.59. The molecule has 6 aromatic carbocycles. The lowest BCUT2D eigenvalue weighted by atomic mass is 9.79. The van der Waals surface area contributed by atoms with Crippen LogP contribution in [-0.2, 0) is 55.9 Å². The average molecular weight is 775 g/mol. The lowest BCUT2D eigenvalue weighted by Gasteiger charge is -2.41. The average Bonchev–Trinajstić information content (AvgIpc) is 3.58. The van der Waals surface area contributed by atoms with Crippen molar-refractivity contribution in [3.63, 3.8) is 0 Å². The number of amides is 4. The zero-order valence-corrected chi connectivity index (χ0v) is 31.2. The minimum Gasteiger partial charge on any atom is -0.360 e. The van der Waals surface area contributed by atoms with E-state index in [-0.39, 0.29) is 0 Å². The topological polar surface area (TPSA) is 93.2 Å². The van der Waals surface area contributed by atoms with Crippen LogP contribution in [0.15, 0.2) is 146 Å². The van der Waals surface area contributed by atoms with Gasteiger partial charge in [-0.3, -0.25) is 19.2 Å². The summed E-state index contributed by atoms with van der Waals surface area (Å²) in [6, 6.07) is 40.8. The number of ether oxygens (including phenoxy) is 2. The van der Waals surface area contributed by atoms with Gasteiger partial charge in [0.2, 0.25) is 0 Å². The number of halogens is 2. The van der Waals surface area contributed by atoms with Crippen molar-refractivity contribution < 1.29 is 37.4 Å². The summed E-state index contributed by atoms with van der Waals surface area (Å²) in [5, 5.41) is 0. The van der Waals surface area contributed by atoms with Crippen LogP contribution in [0.5, 0.6) is 0 Å².